The number of pyridine rings is 1. The van der Waals surface area contributed by atoms with Gasteiger partial charge in [0.2, 0.25) is 0 Å². The maximum Gasteiger partial charge on any atom is 0.274 e. The van der Waals surface area contributed by atoms with Crippen molar-refractivity contribution in [3.05, 3.63) is 58.6 Å². The lowest BCUT2D eigenvalue weighted by atomic mass is 10.2. The van der Waals surface area contributed by atoms with E-state index in [2.05, 4.69) is 10.3 Å². The molecule has 1 aliphatic rings. The highest BCUT2D eigenvalue weighted by molar-refractivity contribution is 6.30. The second-order valence-electron chi connectivity index (χ2n) is 5.49. The average Bonchev–Trinajstić information content (AvgIpc) is 3.11. The van der Waals surface area contributed by atoms with Gasteiger partial charge in [-0.05, 0) is 43.2 Å². The lowest BCUT2D eigenvalue weighted by molar-refractivity contribution is 0.0787. The van der Waals surface area contributed by atoms with Crippen molar-refractivity contribution in [2.24, 2.45) is 0 Å². The number of amides is 2. The third-order valence-corrected chi connectivity index (χ3v) is 4.01. The largest absolute Gasteiger partial charge is 0.337 e. The van der Waals surface area contributed by atoms with Gasteiger partial charge in [-0.25, -0.2) is 9.37 Å². The molecule has 0 atom stereocenters. The first-order chi connectivity index (χ1) is 11.5. The molecule has 3 rings (SSSR count). The Morgan fingerprint density at radius 3 is 2.54 bits per heavy atom. The summed E-state index contributed by atoms with van der Waals surface area (Å²) in [5.41, 5.74) is 0.262. The number of rotatable bonds is 3. The topological polar surface area (TPSA) is 62.3 Å². The number of nitrogens with one attached hydrogen (secondary N) is 1. The summed E-state index contributed by atoms with van der Waals surface area (Å²) >= 11 is 5.68. The molecule has 2 aromatic rings. The summed E-state index contributed by atoms with van der Waals surface area (Å²) in [6, 6.07) is 8.58. The first kappa shape index (κ1) is 16.4. The van der Waals surface area contributed by atoms with Crippen LogP contribution in [0.25, 0.3) is 0 Å². The van der Waals surface area contributed by atoms with Crippen LogP contribution in [0.5, 0.6) is 0 Å². The first-order valence-electron chi connectivity index (χ1n) is 7.57. The smallest absolute Gasteiger partial charge is 0.274 e. The molecule has 1 saturated heterocycles. The summed E-state index contributed by atoms with van der Waals surface area (Å²) in [7, 11) is 0. The summed E-state index contributed by atoms with van der Waals surface area (Å²) in [4.78, 5) is 30.4. The van der Waals surface area contributed by atoms with E-state index in [4.69, 9.17) is 11.6 Å². The Bertz CT molecular complexity index is 791. The predicted octanol–water partition coefficient (Wildman–Crippen LogP) is 3.36. The SMILES string of the molecule is O=C(Nc1ccc(Cl)cc1F)c1cccc(C(=O)N2CCCC2)n1. The fraction of sp³-hybridized carbons (Fsp3) is 0.235. The van der Waals surface area contributed by atoms with E-state index in [1.807, 2.05) is 0 Å². The van der Waals surface area contributed by atoms with Crippen molar-refractivity contribution >= 4 is 29.1 Å². The maximum absolute atomic E-state index is 13.8. The zero-order valence-electron chi connectivity index (χ0n) is 12.8. The van der Waals surface area contributed by atoms with Gasteiger partial charge in [-0.15, -0.1) is 0 Å². The van der Waals surface area contributed by atoms with Crippen LogP contribution in [0, 0.1) is 5.82 Å². The Morgan fingerprint density at radius 2 is 1.83 bits per heavy atom. The molecule has 124 valence electrons. The molecule has 0 saturated carbocycles. The van der Waals surface area contributed by atoms with E-state index < -0.39 is 11.7 Å². The van der Waals surface area contributed by atoms with E-state index in [0.29, 0.717) is 13.1 Å². The number of nitrogens with zero attached hydrogens (tertiary/aromatic N) is 2. The summed E-state index contributed by atoms with van der Waals surface area (Å²) in [6.45, 7) is 1.40. The monoisotopic (exact) mass is 347 g/mol. The van der Waals surface area contributed by atoms with Gasteiger partial charge in [-0.2, -0.15) is 0 Å². The Kier molecular flexibility index (Phi) is 4.76. The Balaban J connectivity index is 1.77. The summed E-state index contributed by atoms with van der Waals surface area (Å²) < 4.78 is 13.8. The molecular weight excluding hydrogens is 333 g/mol. The molecule has 7 heteroatoms. The van der Waals surface area contributed by atoms with Gasteiger partial charge in [-0.1, -0.05) is 17.7 Å². The van der Waals surface area contributed by atoms with Crippen LogP contribution in [-0.4, -0.2) is 34.8 Å². The number of hydrogen-bond acceptors (Lipinski definition) is 3. The van der Waals surface area contributed by atoms with Gasteiger partial charge in [0.25, 0.3) is 11.8 Å². The highest BCUT2D eigenvalue weighted by atomic mass is 35.5. The van der Waals surface area contributed by atoms with Crippen LogP contribution in [0.1, 0.15) is 33.8 Å². The highest BCUT2D eigenvalue weighted by Crippen LogP contribution is 2.19. The lowest BCUT2D eigenvalue weighted by Crippen LogP contribution is -2.29. The molecular formula is C17H15ClFN3O2. The molecule has 1 aromatic heterocycles. The minimum atomic E-state index is -0.639. The number of likely N-dealkylation sites (tertiary alicyclic amines) is 1. The molecule has 0 radical (unpaired) electrons. The van der Waals surface area contributed by atoms with E-state index in [0.717, 1.165) is 18.9 Å². The minimum absolute atomic E-state index is 0.00229. The van der Waals surface area contributed by atoms with Crippen molar-refractivity contribution < 1.29 is 14.0 Å². The Morgan fingerprint density at radius 1 is 1.12 bits per heavy atom. The first-order valence-corrected chi connectivity index (χ1v) is 7.95. The van der Waals surface area contributed by atoms with Gasteiger partial charge in [0, 0.05) is 18.1 Å². The van der Waals surface area contributed by atoms with Gasteiger partial charge >= 0.3 is 0 Å². The fourth-order valence-corrected chi connectivity index (χ4v) is 2.70. The molecule has 0 spiro atoms. The average molecular weight is 348 g/mol. The summed E-state index contributed by atoms with van der Waals surface area (Å²) in [5, 5.41) is 2.67. The maximum atomic E-state index is 13.8. The number of benzene rings is 1. The van der Waals surface area contributed by atoms with Gasteiger partial charge in [-0.3, -0.25) is 9.59 Å². The van der Waals surface area contributed by atoms with Crippen LogP contribution in [-0.2, 0) is 0 Å². The third-order valence-electron chi connectivity index (χ3n) is 3.77. The predicted molar refractivity (Wildman–Crippen MR) is 88.7 cm³/mol. The van der Waals surface area contributed by atoms with Crippen molar-refractivity contribution in [1.29, 1.82) is 0 Å². The zero-order valence-corrected chi connectivity index (χ0v) is 13.5. The molecule has 2 amide bonds. The molecule has 0 aliphatic carbocycles. The number of aromatic nitrogens is 1. The summed E-state index contributed by atoms with van der Waals surface area (Å²) in [5.74, 6) is -1.42. The highest BCUT2D eigenvalue weighted by Gasteiger charge is 2.21. The van der Waals surface area contributed by atoms with Gasteiger partial charge in [0.1, 0.15) is 17.2 Å². The molecule has 24 heavy (non-hydrogen) atoms. The standard InChI is InChI=1S/C17H15ClFN3O2/c18-11-6-7-13(12(19)10-11)21-16(23)14-4-3-5-15(20-14)17(24)22-8-1-2-9-22/h3-7,10H,1-2,8-9H2,(H,21,23). The zero-order chi connectivity index (χ0) is 17.1. The van der Waals surface area contributed by atoms with Crippen molar-refractivity contribution in [2.45, 2.75) is 12.8 Å². The van der Waals surface area contributed by atoms with Crippen LogP contribution >= 0.6 is 11.6 Å². The third kappa shape index (κ3) is 3.54. The Hall–Kier alpha value is -2.47. The molecule has 1 N–H and O–H groups in total. The molecule has 5 nitrogen and oxygen atoms in total. The van der Waals surface area contributed by atoms with Crippen LogP contribution in [0.2, 0.25) is 5.02 Å². The number of hydrogen-bond donors (Lipinski definition) is 1. The number of carbonyl (C=O) groups is 2. The van der Waals surface area contributed by atoms with Crippen LogP contribution in [0.4, 0.5) is 10.1 Å². The molecule has 0 unspecified atom stereocenters. The molecule has 2 heterocycles. The van der Waals surface area contributed by atoms with E-state index >= 15 is 0 Å². The quantitative estimate of drug-likeness (QED) is 0.926. The normalized spacial score (nSPS) is 13.8. The molecule has 1 aromatic carbocycles. The van der Waals surface area contributed by atoms with E-state index in [1.165, 1.54) is 18.2 Å². The fourth-order valence-electron chi connectivity index (χ4n) is 2.54. The Labute approximate surface area is 143 Å². The summed E-state index contributed by atoms with van der Waals surface area (Å²) in [6.07, 6.45) is 1.95. The van der Waals surface area contributed by atoms with Gasteiger partial charge in [0.05, 0.1) is 5.69 Å². The molecule has 1 aliphatic heterocycles. The minimum Gasteiger partial charge on any atom is -0.337 e. The van der Waals surface area contributed by atoms with E-state index in [-0.39, 0.29) is 28.0 Å². The van der Waals surface area contributed by atoms with Crippen LogP contribution < -0.4 is 5.32 Å². The lowest BCUT2D eigenvalue weighted by Gasteiger charge is -2.14. The molecule has 0 bridgehead atoms. The number of anilines is 1. The van der Waals surface area contributed by atoms with Crippen molar-refractivity contribution in [3.63, 3.8) is 0 Å². The van der Waals surface area contributed by atoms with Crippen molar-refractivity contribution in [2.75, 3.05) is 18.4 Å². The van der Waals surface area contributed by atoms with Crippen molar-refractivity contribution in [1.82, 2.24) is 9.88 Å². The van der Waals surface area contributed by atoms with Crippen LogP contribution in [0.3, 0.4) is 0 Å². The second kappa shape index (κ2) is 6.97. The molecule has 1 fully saturated rings. The van der Waals surface area contributed by atoms with Crippen LogP contribution in [0.15, 0.2) is 36.4 Å². The number of halogens is 2. The number of carbonyl (C=O) groups excluding carboxylic acids is 2. The second-order valence-corrected chi connectivity index (χ2v) is 5.92. The van der Waals surface area contributed by atoms with E-state index in [9.17, 15) is 14.0 Å². The van der Waals surface area contributed by atoms with Crippen molar-refractivity contribution in [3.8, 4) is 0 Å². The van der Waals surface area contributed by atoms with E-state index in [1.54, 1.807) is 17.0 Å². The van der Waals surface area contributed by atoms with Gasteiger partial charge < -0.3 is 10.2 Å². The van der Waals surface area contributed by atoms with Gasteiger partial charge in [0.15, 0.2) is 0 Å².